The quantitative estimate of drug-likeness (QED) is 0.876. The summed E-state index contributed by atoms with van der Waals surface area (Å²) in [5.41, 5.74) is 2.27. The number of carboxylic acid groups (broad SMARTS) is 1. The number of hydrogen-bond donors (Lipinski definition) is 1. The smallest absolute Gasteiger partial charge is 0.318 e. The van der Waals surface area contributed by atoms with Gasteiger partial charge in [0.2, 0.25) is 0 Å². The zero-order valence-corrected chi connectivity index (χ0v) is 11.0. The second-order valence-corrected chi connectivity index (χ2v) is 6.23. The number of aryl methyl sites for hydroxylation is 1. The molecule has 4 nitrogen and oxygen atoms in total. The number of carbonyl (C=O) groups is 1. The van der Waals surface area contributed by atoms with Crippen molar-refractivity contribution in [3.8, 4) is 5.75 Å². The lowest BCUT2D eigenvalue weighted by atomic mass is 10.1. The molecule has 0 spiro atoms. The van der Waals surface area contributed by atoms with E-state index >= 15 is 0 Å². The summed E-state index contributed by atoms with van der Waals surface area (Å²) in [5, 5.41) is 7.96. The minimum atomic E-state index is -1.32. The predicted octanol–water partition coefficient (Wildman–Crippen LogP) is 1.39. The molecule has 1 aromatic carbocycles. The highest BCUT2D eigenvalue weighted by Gasteiger charge is 2.19. The van der Waals surface area contributed by atoms with Crippen molar-refractivity contribution in [3.05, 3.63) is 29.3 Å². The summed E-state index contributed by atoms with van der Waals surface area (Å²) < 4.78 is 17.1. The second-order valence-electron chi connectivity index (χ2n) is 4.36. The van der Waals surface area contributed by atoms with Gasteiger partial charge >= 0.3 is 5.97 Å². The van der Waals surface area contributed by atoms with Crippen molar-refractivity contribution in [2.24, 2.45) is 0 Å². The fourth-order valence-electron chi connectivity index (χ4n) is 1.90. The van der Waals surface area contributed by atoms with Crippen molar-refractivity contribution in [1.82, 2.24) is 0 Å². The Morgan fingerprint density at radius 2 is 2.33 bits per heavy atom. The summed E-state index contributed by atoms with van der Waals surface area (Å²) in [6.45, 7) is 2.20. The van der Waals surface area contributed by atoms with Crippen LogP contribution in [0.2, 0.25) is 0 Å². The molecule has 2 atom stereocenters. The minimum absolute atomic E-state index is 0.382. The van der Waals surface area contributed by atoms with E-state index in [9.17, 15) is 9.00 Å². The third-order valence-corrected chi connectivity index (χ3v) is 4.68. The molecule has 0 saturated heterocycles. The SMILES string of the molecule is CC(C(=O)O)S(=O)CCc1ccc2c(c1)CCO2. The molecule has 1 N–H and O–H groups in total. The molecule has 0 aliphatic carbocycles. The fraction of sp³-hybridized carbons (Fsp3) is 0.462. The predicted molar refractivity (Wildman–Crippen MR) is 69.5 cm³/mol. The molecule has 5 heteroatoms. The molecule has 0 fully saturated rings. The van der Waals surface area contributed by atoms with Gasteiger partial charge in [-0.25, -0.2) is 0 Å². The van der Waals surface area contributed by atoms with E-state index in [0.29, 0.717) is 12.2 Å². The highest BCUT2D eigenvalue weighted by Crippen LogP contribution is 2.26. The van der Waals surface area contributed by atoms with Crippen LogP contribution in [0.1, 0.15) is 18.1 Å². The number of fused-ring (bicyclic) bond motifs is 1. The Balaban J connectivity index is 1.94. The van der Waals surface area contributed by atoms with Gasteiger partial charge in [-0.2, -0.15) is 0 Å². The molecule has 18 heavy (non-hydrogen) atoms. The van der Waals surface area contributed by atoms with E-state index < -0.39 is 22.0 Å². The maximum Gasteiger partial charge on any atom is 0.318 e. The van der Waals surface area contributed by atoms with Gasteiger partial charge in [0.25, 0.3) is 0 Å². The van der Waals surface area contributed by atoms with Crippen molar-refractivity contribution in [1.29, 1.82) is 0 Å². The Kier molecular flexibility index (Phi) is 4.01. The first-order valence-electron chi connectivity index (χ1n) is 5.92. The molecule has 2 rings (SSSR count). The van der Waals surface area contributed by atoms with Gasteiger partial charge in [-0.15, -0.1) is 0 Å². The van der Waals surface area contributed by atoms with Crippen LogP contribution >= 0.6 is 0 Å². The van der Waals surface area contributed by atoms with Crippen molar-refractivity contribution in [2.75, 3.05) is 12.4 Å². The lowest BCUT2D eigenvalue weighted by molar-refractivity contribution is -0.136. The van der Waals surface area contributed by atoms with Gasteiger partial charge in [0.15, 0.2) is 0 Å². The molecule has 98 valence electrons. The molecule has 1 aliphatic heterocycles. The second kappa shape index (κ2) is 5.52. The van der Waals surface area contributed by atoms with Gasteiger partial charge in [0.1, 0.15) is 11.0 Å². The van der Waals surface area contributed by atoms with Gasteiger partial charge < -0.3 is 9.84 Å². The first-order chi connectivity index (χ1) is 8.58. The van der Waals surface area contributed by atoms with Gasteiger partial charge in [-0.05, 0) is 30.5 Å². The molecule has 0 aromatic heterocycles. The molecular formula is C13H16O4S. The van der Waals surface area contributed by atoms with Crippen LogP contribution in [0.4, 0.5) is 0 Å². The minimum Gasteiger partial charge on any atom is -0.493 e. The van der Waals surface area contributed by atoms with Gasteiger partial charge in [0.05, 0.1) is 6.61 Å². The molecule has 0 amide bonds. The van der Waals surface area contributed by atoms with E-state index in [0.717, 1.165) is 24.3 Å². The standard InChI is InChI=1S/C13H16O4S/c1-9(13(14)15)18(16)7-5-10-2-3-12-11(8-10)4-6-17-12/h2-3,8-9H,4-7H2,1H3,(H,14,15). The number of hydrogen-bond acceptors (Lipinski definition) is 3. The van der Waals surface area contributed by atoms with Crippen LogP contribution in [0.15, 0.2) is 18.2 Å². The largest absolute Gasteiger partial charge is 0.493 e. The van der Waals surface area contributed by atoms with Crippen molar-refractivity contribution >= 4 is 16.8 Å². The number of aliphatic carboxylic acids is 1. The van der Waals surface area contributed by atoms with Crippen LogP contribution in [0.3, 0.4) is 0 Å². The molecule has 1 aromatic rings. The molecule has 0 bridgehead atoms. The molecular weight excluding hydrogens is 252 g/mol. The topological polar surface area (TPSA) is 63.6 Å². The van der Waals surface area contributed by atoms with Gasteiger partial charge in [-0.3, -0.25) is 9.00 Å². The molecule has 1 heterocycles. The first-order valence-corrected chi connectivity index (χ1v) is 7.30. The number of benzene rings is 1. The van der Waals surface area contributed by atoms with E-state index in [4.69, 9.17) is 9.84 Å². The molecule has 0 saturated carbocycles. The van der Waals surface area contributed by atoms with E-state index in [1.54, 1.807) is 0 Å². The van der Waals surface area contributed by atoms with E-state index in [1.165, 1.54) is 12.5 Å². The van der Waals surface area contributed by atoms with Crippen molar-refractivity contribution in [3.63, 3.8) is 0 Å². The average Bonchev–Trinajstić information content (AvgIpc) is 2.82. The molecule has 1 aliphatic rings. The van der Waals surface area contributed by atoms with Gasteiger partial charge in [-0.1, -0.05) is 12.1 Å². The zero-order chi connectivity index (χ0) is 13.1. The summed E-state index contributed by atoms with van der Waals surface area (Å²) in [6.07, 6.45) is 1.55. The lowest BCUT2D eigenvalue weighted by Gasteiger charge is -2.07. The Morgan fingerprint density at radius 1 is 1.56 bits per heavy atom. The Bertz CT molecular complexity index is 484. The van der Waals surface area contributed by atoms with Crippen LogP contribution in [0.5, 0.6) is 5.75 Å². The normalized spacial score (nSPS) is 16.7. The van der Waals surface area contributed by atoms with E-state index in [-0.39, 0.29) is 0 Å². The summed E-state index contributed by atoms with van der Waals surface area (Å²) >= 11 is 0. The van der Waals surface area contributed by atoms with Crippen molar-refractivity contribution < 1.29 is 18.8 Å². The highest BCUT2D eigenvalue weighted by molar-refractivity contribution is 7.86. The van der Waals surface area contributed by atoms with Crippen LogP contribution in [0.25, 0.3) is 0 Å². The summed E-state index contributed by atoms with van der Waals surface area (Å²) in [5.74, 6) is 0.307. The lowest BCUT2D eigenvalue weighted by Crippen LogP contribution is -2.24. The summed E-state index contributed by atoms with van der Waals surface area (Å²) in [7, 11) is -1.32. The molecule has 0 radical (unpaired) electrons. The monoisotopic (exact) mass is 268 g/mol. The van der Waals surface area contributed by atoms with Crippen molar-refractivity contribution in [2.45, 2.75) is 25.0 Å². The number of ether oxygens (including phenoxy) is 1. The third-order valence-electron chi connectivity index (χ3n) is 3.09. The number of carboxylic acids is 1. The zero-order valence-electron chi connectivity index (χ0n) is 10.2. The number of rotatable bonds is 5. The van der Waals surface area contributed by atoms with E-state index in [1.807, 2.05) is 12.1 Å². The maximum atomic E-state index is 11.7. The van der Waals surface area contributed by atoms with Gasteiger partial charge in [0, 0.05) is 23.0 Å². The Hall–Kier alpha value is -1.36. The Morgan fingerprint density at radius 3 is 3.06 bits per heavy atom. The fourth-order valence-corrected chi connectivity index (χ4v) is 2.92. The third kappa shape index (κ3) is 2.90. The van der Waals surface area contributed by atoms with Crippen LogP contribution < -0.4 is 4.74 Å². The Labute approximate surface area is 108 Å². The van der Waals surface area contributed by atoms with E-state index in [2.05, 4.69) is 6.07 Å². The van der Waals surface area contributed by atoms with Crippen LogP contribution in [0, 0.1) is 0 Å². The van der Waals surface area contributed by atoms with Crippen LogP contribution in [-0.2, 0) is 28.4 Å². The first kappa shape index (κ1) is 13.1. The maximum absolute atomic E-state index is 11.7. The highest BCUT2D eigenvalue weighted by atomic mass is 32.2. The molecule has 2 unspecified atom stereocenters. The van der Waals surface area contributed by atoms with Crippen LogP contribution in [-0.4, -0.2) is 32.9 Å². The summed E-state index contributed by atoms with van der Waals surface area (Å²) in [4.78, 5) is 10.7. The summed E-state index contributed by atoms with van der Waals surface area (Å²) in [6, 6.07) is 5.94. The average molecular weight is 268 g/mol.